The van der Waals surface area contributed by atoms with Crippen molar-refractivity contribution in [3.63, 3.8) is 0 Å². The number of benzene rings is 1. The molecule has 0 bridgehead atoms. The first-order chi connectivity index (χ1) is 13.4. The molecule has 4 rings (SSSR count). The Labute approximate surface area is 166 Å². The average Bonchev–Trinajstić information content (AvgIpc) is 3.24. The zero-order valence-corrected chi connectivity index (χ0v) is 16.1. The third-order valence-electron chi connectivity index (χ3n) is 4.54. The largest absolute Gasteiger partial charge is 0.487 e. The van der Waals surface area contributed by atoms with E-state index in [2.05, 4.69) is 20.6 Å². The Morgan fingerprint density at radius 3 is 2.86 bits per heavy atom. The number of ether oxygens (including phenoxy) is 2. The molecule has 3 aromatic rings. The normalized spacial score (nSPS) is 18.0. The van der Waals surface area contributed by atoms with Gasteiger partial charge in [0.05, 0.1) is 18.3 Å². The molecule has 1 saturated heterocycles. The first kappa shape index (κ1) is 18.4. The summed E-state index contributed by atoms with van der Waals surface area (Å²) >= 11 is 6.13. The van der Waals surface area contributed by atoms with Crippen molar-refractivity contribution in [1.82, 2.24) is 15.3 Å². The highest BCUT2D eigenvalue weighted by Gasteiger charge is 2.41. The number of para-hydroxylation sites is 1. The highest BCUT2D eigenvalue weighted by Crippen LogP contribution is 2.31. The van der Waals surface area contributed by atoms with Crippen LogP contribution in [0.4, 0.5) is 10.6 Å². The number of cyclic esters (lactones) is 1. The second kappa shape index (κ2) is 7.20. The van der Waals surface area contributed by atoms with E-state index in [4.69, 9.17) is 25.5 Å². The highest BCUT2D eigenvalue weighted by atomic mass is 35.5. The minimum Gasteiger partial charge on any atom is -0.487 e. The number of anilines is 1. The third kappa shape index (κ3) is 3.68. The summed E-state index contributed by atoms with van der Waals surface area (Å²) in [5.41, 5.74) is 0.0453. The first-order valence-electron chi connectivity index (χ1n) is 8.76. The molecular formula is C19H19ClN4O4. The first-order valence-corrected chi connectivity index (χ1v) is 9.14. The molecule has 1 aromatic carbocycles. The molecule has 0 saturated carbocycles. The Hall–Kier alpha value is -3.00. The summed E-state index contributed by atoms with van der Waals surface area (Å²) in [6.45, 7) is 4.40. The lowest BCUT2D eigenvalue weighted by Gasteiger charge is -2.23. The lowest BCUT2D eigenvalue weighted by Crippen LogP contribution is -2.44. The van der Waals surface area contributed by atoms with E-state index in [1.54, 1.807) is 12.3 Å². The van der Waals surface area contributed by atoms with E-state index in [0.29, 0.717) is 23.6 Å². The number of furan rings is 1. The van der Waals surface area contributed by atoms with Gasteiger partial charge >= 0.3 is 6.09 Å². The van der Waals surface area contributed by atoms with Gasteiger partial charge in [-0.3, -0.25) is 0 Å². The maximum atomic E-state index is 11.5. The van der Waals surface area contributed by atoms with Crippen molar-refractivity contribution in [2.24, 2.45) is 0 Å². The van der Waals surface area contributed by atoms with Crippen LogP contribution in [0, 0.1) is 0 Å². The van der Waals surface area contributed by atoms with E-state index in [-0.39, 0.29) is 11.9 Å². The molecule has 1 aliphatic heterocycles. The molecule has 1 atom stereocenters. The quantitative estimate of drug-likeness (QED) is 0.606. The van der Waals surface area contributed by atoms with E-state index in [1.165, 1.54) is 0 Å². The SMILES string of the molecule is CC1(C)NC(=O)OC1COc1cccc2c(NCc3ccco3)nc(Cl)nc12. The highest BCUT2D eigenvalue weighted by molar-refractivity contribution is 6.29. The lowest BCUT2D eigenvalue weighted by molar-refractivity contribution is 0.0753. The van der Waals surface area contributed by atoms with Gasteiger partial charge in [0.2, 0.25) is 5.28 Å². The van der Waals surface area contributed by atoms with Gasteiger partial charge in [-0.05, 0) is 49.7 Å². The smallest absolute Gasteiger partial charge is 0.408 e. The van der Waals surface area contributed by atoms with E-state index < -0.39 is 17.7 Å². The number of rotatable bonds is 6. The molecule has 3 heterocycles. The fourth-order valence-electron chi connectivity index (χ4n) is 2.99. The molecule has 1 fully saturated rings. The summed E-state index contributed by atoms with van der Waals surface area (Å²) in [7, 11) is 0. The maximum absolute atomic E-state index is 11.5. The van der Waals surface area contributed by atoms with Crippen molar-refractivity contribution in [1.29, 1.82) is 0 Å². The molecule has 2 aromatic heterocycles. The van der Waals surface area contributed by atoms with Crippen LogP contribution in [0.2, 0.25) is 5.28 Å². The summed E-state index contributed by atoms with van der Waals surface area (Å²) in [6.07, 6.45) is 0.732. The number of hydrogen-bond acceptors (Lipinski definition) is 7. The van der Waals surface area contributed by atoms with Gasteiger partial charge in [0, 0.05) is 5.39 Å². The Kier molecular flexibility index (Phi) is 4.72. The second-order valence-electron chi connectivity index (χ2n) is 6.98. The number of nitrogens with one attached hydrogen (secondary N) is 2. The molecule has 0 radical (unpaired) electrons. The Balaban J connectivity index is 1.58. The Morgan fingerprint density at radius 1 is 1.29 bits per heavy atom. The molecule has 2 N–H and O–H groups in total. The summed E-state index contributed by atoms with van der Waals surface area (Å²) in [5.74, 6) is 1.88. The summed E-state index contributed by atoms with van der Waals surface area (Å²) in [4.78, 5) is 20.1. The van der Waals surface area contributed by atoms with Crippen LogP contribution >= 0.6 is 11.6 Å². The predicted molar refractivity (Wildman–Crippen MR) is 104 cm³/mol. The zero-order valence-electron chi connectivity index (χ0n) is 15.4. The minimum atomic E-state index is -0.524. The topological polar surface area (TPSA) is 98.5 Å². The van der Waals surface area contributed by atoms with Gasteiger partial charge in [0.15, 0.2) is 6.10 Å². The van der Waals surface area contributed by atoms with Gasteiger partial charge in [0.1, 0.15) is 29.5 Å². The molecule has 1 unspecified atom stereocenters. The van der Waals surface area contributed by atoms with Crippen LogP contribution in [-0.4, -0.2) is 34.3 Å². The fraction of sp³-hybridized carbons (Fsp3) is 0.316. The number of halogens is 1. The van der Waals surface area contributed by atoms with Gasteiger partial charge < -0.3 is 24.5 Å². The number of fused-ring (bicyclic) bond motifs is 1. The molecule has 9 heteroatoms. The van der Waals surface area contributed by atoms with Gasteiger partial charge in [-0.15, -0.1) is 0 Å². The van der Waals surface area contributed by atoms with Crippen LogP contribution in [-0.2, 0) is 11.3 Å². The lowest BCUT2D eigenvalue weighted by atomic mass is 9.99. The summed E-state index contributed by atoms with van der Waals surface area (Å²) < 4.78 is 16.6. The van der Waals surface area contributed by atoms with Crippen LogP contribution < -0.4 is 15.4 Å². The van der Waals surface area contributed by atoms with Crippen molar-refractivity contribution in [3.8, 4) is 5.75 Å². The number of alkyl carbamates (subject to hydrolysis) is 1. The van der Waals surface area contributed by atoms with E-state index in [1.807, 2.05) is 38.1 Å². The van der Waals surface area contributed by atoms with E-state index in [0.717, 1.165) is 11.1 Å². The molecule has 146 valence electrons. The second-order valence-corrected chi connectivity index (χ2v) is 7.32. The molecule has 0 spiro atoms. The Bertz CT molecular complexity index is 1010. The number of aromatic nitrogens is 2. The minimum absolute atomic E-state index is 0.0970. The summed E-state index contributed by atoms with van der Waals surface area (Å²) in [5, 5.41) is 6.82. The number of amides is 1. The van der Waals surface area contributed by atoms with Gasteiger partial charge in [0.25, 0.3) is 0 Å². The monoisotopic (exact) mass is 402 g/mol. The Morgan fingerprint density at radius 2 is 2.14 bits per heavy atom. The average molecular weight is 403 g/mol. The van der Waals surface area contributed by atoms with Gasteiger partial charge in [-0.2, -0.15) is 0 Å². The molecular weight excluding hydrogens is 384 g/mol. The fourth-order valence-corrected chi connectivity index (χ4v) is 3.16. The molecule has 8 nitrogen and oxygen atoms in total. The van der Waals surface area contributed by atoms with Crippen LogP contribution in [0.25, 0.3) is 10.9 Å². The number of nitrogens with zero attached hydrogens (tertiary/aromatic N) is 2. The molecule has 1 amide bonds. The predicted octanol–water partition coefficient (Wildman–Crippen LogP) is 3.75. The molecule has 1 aliphatic rings. The number of hydrogen-bond donors (Lipinski definition) is 2. The molecule has 0 aliphatic carbocycles. The number of carbonyl (C=O) groups excluding carboxylic acids is 1. The van der Waals surface area contributed by atoms with E-state index in [9.17, 15) is 4.79 Å². The summed E-state index contributed by atoms with van der Waals surface area (Å²) in [6, 6.07) is 9.20. The van der Waals surface area contributed by atoms with Crippen LogP contribution in [0.15, 0.2) is 41.0 Å². The third-order valence-corrected chi connectivity index (χ3v) is 4.71. The van der Waals surface area contributed by atoms with E-state index >= 15 is 0 Å². The van der Waals surface area contributed by atoms with Crippen molar-refractivity contribution in [2.75, 3.05) is 11.9 Å². The van der Waals surface area contributed by atoms with Crippen molar-refractivity contribution in [3.05, 3.63) is 47.6 Å². The van der Waals surface area contributed by atoms with Crippen molar-refractivity contribution in [2.45, 2.75) is 32.0 Å². The van der Waals surface area contributed by atoms with Gasteiger partial charge in [-0.1, -0.05) is 6.07 Å². The van der Waals surface area contributed by atoms with Gasteiger partial charge in [-0.25, -0.2) is 14.8 Å². The zero-order chi connectivity index (χ0) is 19.7. The van der Waals surface area contributed by atoms with Crippen LogP contribution in [0.1, 0.15) is 19.6 Å². The molecule has 28 heavy (non-hydrogen) atoms. The maximum Gasteiger partial charge on any atom is 0.408 e. The van der Waals surface area contributed by atoms with Crippen LogP contribution in [0.3, 0.4) is 0 Å². The number of carbonyl (C=O) groups is 1. The van der Waals surface area contributed by atoms with Crippen molar-refractivity contribution < 1.29 is 18.7 Å². The van der Waals surface area contributed by atoms with Crippen molar-refractivity contribution >= 4 is 34.4 Å². The van der Waals surface area contributed by atoms with Crippen LogP contribution in [0.5, 0.6) is 5.75 Å². The standard InChI is InChI=1S/C19H19ClN4O4/c1-19(2)14(28-18(25)24-19)10-27-13-7-3-6-12-15(13)22-17(20)23-16(12)21-9-11-5-4-8-26-11/h3-8,14H,9-10H2,1-2H3,(H,24,25)(H,21,22,23).